The number of esters is 1. The number of hydrogen-bond acceptors (Lipinski definition) is 4. The van der Waals surface area contributed by atoms with Crippen LogP contribution in [0.25, 0.3) is 0 Å². The number of nitrogens with one attached hydrogen (secondary N) is 1. The van der Waals surface area contributed by atoms with Crippen molar-refractivity contribution in [2.24, 2.45) is 5.92 Å². The maximum absolute atomic E-state index is 12.1. The van der Waals surface area contributed by atoms with Crippen molar-refractivity contribution in [1.82, 2.24) is 10.2 Å². The van der Waals surface area contributed by atoms with Crippen molar-refractivity contribution in [1.29, 1.82) is 0 Å². The average molecular weight is 298 g/mol. The van der Waals surface area contributed by atoms with E-state index in [1.807, 2.05) is 20.8 Å². The van der Waals surface area contributed by atoms with Gasteiger partial charge in [0.1, 0.15) is 5.54 Å². The quantitative estimate of drug-likeness (QED) is 0.700. The van der Waals surface area contributed by atoms with E-state index in [9.17, 15) is 4.79 Å². The van der Waals surface area contributed by atoms with E-state index >= 15 is 0 Å². The predicted molar refractivity (Wildman–Crippen MR) is 87.4 cm³/mol. The first-order chi connectivity index (χ1) is 10.0. The molecule has 2 atom stereocenters. The van der Waals surface area contributed by atoms with E-state index in [-0.39, 0.29) is 5.97 Å². The smallest absolute Gasteiger partial charge is 0.326 e. The van der Waals surface area contributed by atoms with Gasteiger partial charge in [-0.05, 0) is 78.0 Å². The van der Waals surface area contributed by atoms with Crippen molar-refractivity contribution in [2.75, 3.05) is 32.8 Å². The molecule has 1 aliphatic heterocycles. The van der Waals surface area contributed by atoms with E-state index in [0.29, 0.717) is 6.61 Å². The van der Waals surface area contributed by atoms with Crippen LogP contribution in [0.4, 0.5) is 0 Å². The van der Waals surface area contributed by atoms with Crippen molar-refractivity contribution in [3.05, 3.63) is 0 Å². The lowest BCUT2D eigenvalue weighted by atomic mass is 9.95. The zero-order valence-corrected chi connectivity index (χ0v) is 14.4. The molecule has 0 aromatic carbocycles. The first-order valence-electron chi connectivity index (χ1n) is 8.66. The van der Waals surface area contributed by atoms with Gasteiger partial charge in [-0.2, -0.15) is 0 Å². The second-order valence-corrected chi connectivity index (χ2v) is 6.56. The summed E-state index contributed by atoms with van der Waals surface area (Å²) in [4.78, 5) is 14.7. The summed E-state index contributed by atoms with van der Waals surface area (Å²) in [6, 6.07) is 0. The molecule has 2 unspecified atom stereocenters. The first kappa shape index (κ1) is 18.4. The summed E-state index contributed by atoms with van der Waals surface area (Å²) >= 11 is 0. The summed E-state index contributed by atoms with van der Waals surface area (Å²) in [5.41, 5.74) is -0.538. The lowest BCUT2D eigenvalue weighted by Crippen LogP contribution is -2.50. The summed E-state index contributed by atoms with van der Waals surface area (Å²) in [5, 5.41) is 3.31. The van der Waals surface area contributed by atoms with E-state index in [1.165, 1.54) is 32.4 Å². The molecule has 0 aromatic rings. The van der Waals surface area contributed by atoms with Gasteiger partial charge >= 0.3 is 5.97 Å². The highest BCUT2D eigenvalue weighted by Crippen LogP contribution is 2.19. The van der Waals surface area contributed by atoms with Crippen LogP contribution in [0.15, 0.2) is 0 Å². The number of carbonyl (C=O) groups excluding carboxylic acids is 1. The molecule has 1 rings (SSSR count). The van der Waals surface area contributed by atoms with Crippen molar-refractivity contribution in [2.45, 2.75) is 65.3 Å². The SMILES string of the molecule is CCNC(C)(CCCN1CCCC(C)CC1)C(=O)OCC. The third kappa shape index (κ3) is 6.35. The molecule has 0 saturated carbocycles. The largest absolute Gasteiger partial charge is 0.465 e. The van der Waals surface area contributed by atoms with Gasteiger partial charge in [-0.25, -0.2) is 0 Å². The minimum absolute atomic E-state index is 0.115. The van der Waals surface area contributed by atoms with Gasteiger partial charge in [0.15, 0.2) is 0 Å². The molecule has 1 aliphatic rings. The fourth-order valence-electron chi connectivity index (χ4n) is 3.15. The van der Waals surface area contributed by atoms with Crippen LogP contribution < -0.4 is 5.32 Å². The summed E-state index contributed by atoms with van der Waals surface area (Å²) in [7, 11) is 0. The molecule has 0 bridgehead atoms. The molecular formula is C17H34N2O2. The Balaban J connectivity index is 2.40. The Hall–Kier alpha value is -0.610. The van der Waals surface area contributed by atoms with Crippen LogP contribution in [0, 0.1) is 5.92 Å². The first-order valence-corrected chi connectivity index (χ1v) is 8.66. The normalized spacial score (nSPS) is 23.3. The highest BCUT2D eigenvalue weighted by Gasteiger charge is 2.33. The fourth-order valence-corrected chi connectivity index (χ4v) is 3.15. The monoisotopic (exact) mass is 298 g/mol. The Bertz CT molecular complexity index is 309. The Morgan fingerprint density at radius 3 is 2.76 bits per heavy atom. The van der Waals surface area contributed by atoms with E-state index in [0.717, 1.165) is 31.8 Å². The van der Waals surface area contributed by atoms with Gasteiger partial charge in [0.2, 0.25) is 0 Å². The summed E-state index contributed by atoms with van der Waals surface area (Å²) in [6.07, 6.45) is 5.85. The number of nitrogens with zero attached hydrogens (tertiary/aromatic N) is 1. The zero-order valence-electron chi connectivity index (χ0n) is 14.4. The Morgan fingerprint density at radius 2 is 2.10 bits per heavy atom. The fraction of sp³-hybridized carbons (Fsp3) is 0.941. The van der Waals surface area contributed by atoms with Gasteiger partial charge in [-0.1, -0.05) is 13.8 Å². The molecule has 0 amide bonds. The second kappa shape index (κ2) is 9.42. The maximum Gasteiger partial charge on any atom is 0.326 e. The van der Waals surface area contributed by atoms with Gasteiger partial charge in [0, 0.05) is 0 Å². The van der Waals surface area contributed by atoms with Gasteiger partial charge < -0.3 is 15.0 Å². The molecule has 1 fully saturated rings. The Labute approximate surface area is 130 Å². The van der Waals surface area contributed by atoms with E-state index in [1.54, 1.807) is 0 Å². The molecule has 124 valence electrons. The average Bonchev–Trinajstić information content (AvgIpc) is 2.64. The molecule has 0 aromatic heterocycles. The van der Waals surface area contributed by atoms with Gasteiger partial charge in [0.25, 0.3) is 0 Å². The molecule has 1 N–H and O–H groups in total. The Morgan fingerprint density at radius 1 is 1.33 bits per heavy atom. The number of hydrogen-bond donors (Lipinski definition) is 1. The third-order valence-corrected chi connectivity index (χ3v) is 4.55. The van der Waals surface area contributed by atoms with E-state index in [4.69, 9.17) is 4.74 Å². The highest BCUT2D eigenvalue weighted by atomic mass is 16.5. The number of carbonyl (C=O) groups is 1. The molecule has 1 heterocycles. The van der Waals surface area contributed by atoms with Gasteiger partial charge in [-0.3, -0.25) is 4.79 Å². The second-order valence-electron chi connectivity index (χ2n) is 6.56. The number of ether oxygens (including phenoxy) is 1. The predicted octanol–water partition coefficient (Wildman–Crippen LogP) is 2.82. The number of likely N-dealkylation sites (N-methyl/N-ethyl adjacent to an activating group) is 1. The van der Waals surface area contributed by atoms with Crippen LogP contribution in [0.1, 0.15) is 59.8 Å². The molecule has 1 saturated heterocycles. The van der Waals surface area contributed by atoms with Crippen LogP contribution >= 0.6 is 0 Å². The summed E-state index contributed by atoms with van der Waals surface area (Å²) < 4.78 is 5.22. The molecule has 4 heteroatoms. The molecule has 4 nitrogen and oxygen atoms in total. The van der Waals surface area contributed by atoms with Crippen LogP contribution in [0.3, 0.4) is 0 Å². The third-order valence-electron chi connectivity index (χ3n) is 4.55. The molecule has 0 aliphatic carbocycles. The minimum atomic E-state index is -0.538. The zero-order chi connectivity index (χ0) is 15.7. The van der Waals surface area contributed by atoms with Crippen LogP contribution in [0.5, 0.6) is 0 Å². The lowest BCUT2D eigenvalue weighted by Gasteiger charge is -2.29. The molecule has 0 radical (unpaired) electrons. The summed E-state index contributed by atoms with van der Waals surface area (Å²) in [5.74, 6) is 0.748. The van der Waals surface area contributed by atoms with Crippen molar-refractivity contribution < 1.29 is 9.53 Å². The molecule has 0 spiro atoms. The van der Waals surface area contributed by atoms with Gasteiger partial charge in [0.05, 0.1) is 6.61 Å². The van der Waals surface area contributed by atoms with E-state index in [2.05, 4.69) is 17.1 Å². The minimum Gasteiger partial charge on any atom is -0.465 e. The number of likely N-dealkylation sites (tertiary alicyclic amines) is 1. The number of rotatable bonds is 8. The van der Waals surface area contributed by atoms with Crippen molar-refractivity contribution in [3.8, 4) is 0 Å². The standard InChI is InChI=1S/C17H34N2O2/c1-5-18-17(4,16(20)21-6-2)11-8-13-19-12-7-9-15(3)10-14-19/h15,18H,5-14H2,1-4H3. The topological polar surface area (TPSA) is 41.6 Å². The van der Waals surface area contributed by atoms with E-state index < -0.39 is 5.54 Å². The van der Waals surface area contributed by atoms with Gasteiger partial charge in [-0.15, -0.1) is 0 Å². The lowest BCUT2D eigenvalue weighted by molar-refractivity contribution is -0.150. The van der Waals surface area contributed by atoms with Crippen LogP contribution in [-0.4, -0.2) is 49.2 Å². The van der Waals surface area contributed by atoms with Crippen molar-refractivity contribution in [3.63, 3.8) is 0 Å². The highest BCUT2D eigenvalue weighted by molar-refractivity contribution is 5.80. The molecular weight excluding hydrogens is 264 g/mol. The maximum atomic E-state index is 12.1. The van der Waals surface area contributed by atoms with Crippen molar-refractivity contribution >= 4 is 5.97 Å². The molecule has 21 heavy (non-hydrogen) atoms. The summed E-state index contributed by atoms with van der Waals surface area (Å²) in [6.45, 7) is 13.0. The Kier molecular flexibility index (Phi) is 8.27. The van der Waals surface area contributed by atoms with Crippen LogP contribution in [0.2, 0.25) is 0 Å². The van der Waals surface area contributed by atoms with Crippen LogP contribution in [-0.2, 0) is 9.53 Å².